The predicted octanol–water partition coefficient (Wildman–Crippen LogP) is 1.34. The maximum Gasteiger partial charge on any atom is 0.101 e. The van der Waals surface area contributed by atoms with Gasteiger partial charge in [-0.2, -0.15) is 10.5 Å². The van der Waals surface area contributed by atoms with E-state index in [4.69, 9.17) is 15.6 Å². The molecule has 1 aromatic carbocycles. The molecule has 0 saturated carbocycles. The van der Waals surface area contributed by atoms with Gasteiger partial charge < -0.3 is 5.11 Å². The van der Waals surface area contributed by atoms with E-state index in [1.807, 2.05) is 12.1 Å². The largest absolute Gasteiger partial charge is 0.396 e. The van der Waals surface area contributed by atoms with E-state index in [0.717, 1.165) is 5.56 Å². The Morgan fingerprint density at radius 2 is 1.93 bits per heavy atom. The molecule has 1 unspecified atom stereocenters. The third kappa shape index (κ3) is 1.90. The van der Waals surface area contributed by atoms with Crippen LogP contribution in [0.2, 0.25) is 0 Å². The summed E-state index contributed by atoms with van der Waals surface area (Å²) in [6.07, 6.45) is 0. The summed E-state index contributed by atoms with van der Waals surface area (Å²) >= 11 is 0. The number of nitrogens with zero attached hydrogens (tertiary/aromatic N) is 2. The maximum atomic E-state index is 8.87. The van der Waals surface area contributed by atoms with Gasteiger partial charge in [0.05, 0.1) is 11.1 Å². The van der Waals surface area contributed by atoms with E-state index in [9.17, 15) is 0 Å². The van der Waals surface area contributed by atoms with Gasteiger partial charge >= 0.3 is 0 Å². The molecule has 1 atom stereocenters. The minimum absolute atomic E-state index is 0.0726. The SMILES string of the molecule is [CH2]C(CO)c1ccc(C#N)c(C#N)c1. The standard InChI is InChI=1S/C11H9N2O/c1-8(7-14)9-2-3-10(5-12)11(4-9)6-13/h2-4,8,14H,1,7H2. The van der Waals surface area contributed by atoms with E-state index >= 15 is 0 Å². The van der Waals surface area contributed by atoms with Crippen molar-refractivity contribution in [2.24, 2.45) is 0 Å². The molecule has 0 aliphatic rings. The zero-order valence-corrected chi connectivity index (χ0v) is 7.57. The van der Waals surface area contributed by atoms with Crippen molar-refractivity contribution in [1.29, 1.82) is 10.5 Å². The van der Waals surface area contributed by atoms with Crippen molar-refractivity contribution in [1.82, 2.24) is 0 Å². The van der Waals surface area contributed by atoms with Gasteiger partial charge in [0, 0.05) is 12.5 Å². The summed E-state index contributed by atoms with van der Waals surface area (Å²) in [6, 6.07) is 8.72. The lowest BCUT2D eigenvalue weighted by Crippen LogP contribution is -2.00. The molecule has 0 aliphatic carbocycles. The highest BCUT2D eigenvalue weighted by Crippen LogP contribution is 2.17. The molecule has 0 fully saturated rings. The molecule has 0 spiro atoms. The highest BCUT2D eigenvalue weighted by Gasteiger charge is 2.07. The average molecular weight is 185 g/mol. The molecule has 0 saturated heterocycles. The van der Waals surface area contributed by atoms with Gasteiger partial charge in [0.15, 0.2) is 0 Å². The van der Waals surface area contributed by atoms with Crippen LogP contribution in [0, 0.1) is 29.6 Å². The lowest BCUT2D eigenvalue weighted by Gasteiger charge is -2.08. The van der Waals surface area contributed by atoms with Crippen LogP contribution in [0.4, 0.5) is 0 Å². The number of nitriles is 2. The molecule has 69 valence electrons. The summed E-state index contributed by atoms with van der Waals surface area (Å²) < 4.78 is 0. The molecular weight excluding hydrogens is 176 g/mol. The van der Waals surface area contributed by atoms with Crippen molar-refractivity contribution < 1.29 is 5.11 Å². The Labute approximate surface area is 82.8 Å². The summed E-state index contributed by atoms with van der Waals surface area (Å²) in [5.74, 6) is -0.255. The van der Waals surface area contributed by atoms with Gasteiger partial charge in [0.1, 0.15) is 12.1 Å². The second-order valence-corrected chi connectivity index (χ2v) is 2.91. The van der Waals surface area contributed by atoms with Crippen molar-refractivity contribution >= 4 is 0 Å². The molecule has 0 bridgehead atoms. The van der Waals surface area contributed by atoms with Gasteiger partial charge in [0.2, 0.25) is 0 Å². The smallest absolute Gasteiger partial charge is 0.101 e. The Balaban J connectivity index is 3.17. The van der Waals surface area contributed by atoms with Crippen molar-refractivity contribution in [3.8, 4) is 12.1 Å². The van der Waals surface area contributed by atoms with Crippen LogP contribution >= 0.6 is 0 Å². The molecule has 3 heteroatoms. The number of hydrogen-bond acceptors (Lipinski definition) is 3. The highest BCUT2D eigenvalue weighted by atomic mass is 16.3. The molecule has 0 aromatic heterocycles. The van der Waals surface area contributed by atoms with Crippen molar-refractivity contribution in [2.75, 3.05) is 6.61 Å². The van der Waals surface area contributed by atoms with Crippen LogP contribution in [0.15, 0.2) is 18.2 Å². The molecule has 1 radical (unpaired) electrons. The molecule has 14 heavy (non-hydrogen) atoms. The van der Waals surface area contributed by atoms with Crippen LogP contribution in [0.5, 0.6) is 0 Å². The second-order valence-electron chi connectivity index (χ2n) is 2.91. The molecule has 1 N–H and O–H groups in total. The minimum Gasteiger partial charge on any atom is -0.396 e. The topological polar surface area (TPSA) is 67.8 Å². The van der Waals surface area contributed by atoms with E-state index in [1.165, 1.54) is 0 Å². The molecule has 3 nitrogen and oxygen atoms in total. The van der Waals surface area contributed by atoms with E-state index in [0.29, 0.717) is 11.1 Å². The predicted molar refractivity (Wildman–Crippen MR) is 51.1 cm³/mol. The lowest BCUT2D eigenvalue weighted by molar-refractivity contribution is 0.282. The minimum atomic E-state index is -0.255. The van der Waals surface area contributed by atoms with Crippen molar-refractivity contribution in [3.05, 3.63) is 41.8 Å². The van der Waals surface area contributed by atoms with Crippen LogP contribution in [0.25, 0.3) is 0 Å². The first-order valence-corrected chi connectivity index (χ1v) is 4.11. The summed E-state index contributed by atoms with van der Waals surface area (Å²) in [7, 11) is 0. The third-order valence-electron chi connectivity index (χ3n) is 1.98. The van der Waals surface area contributed by atoms with Gasteiger partial charge in [-0.1, -0.05) is 6.07 Å². The van der Waals surface area contributed by atoms with E-state index in [2.05, 4.69) is 6.92 Å². The second kappa shape index (κ2) is 4.41. The summed E-state index contributed by atoms with van der Waals surface area (Å²) in [5.41, 5.74) is 1.44. The van der Waals surface area contributed by atoms with Crippen molar-refractivity contribution in [2.45, 2.75) is 5.92 Å². The molecule has 0 heterocycles. The first kappa shape index (κ1) is 10.2. The monoisotopic (exact) mass is 185 g/mol. The Morgan fingerprint density at radius 3 is 2.43 bits per heavy atom. The van der Waals surface area contributed by atoms with Gasteiger partial charge in [0.25, 0.3) is 0 Å². The zero-order valence-electron chi connectivity index (χ0n) is 7.57. The highest BCUT2D eigenvalue weighted by molar-refractivity contribution is 5.48. The molecule has 1 aromatic rings. The summed E-state index contributed by atoms with van der Waals surface area (Å²) in [5, 5.41) is 26.3. The molecule has 0 aliphatic heterocycles. The molecular formula is C11H9N2O. The van der Waals surface area contributed by atoms with Gasteiger partial charge in [-0.15, -0.1) is 0 Å². The fourth-order valence-electron chi connectivity index (χ4n) is 1.11. The normalized spacial score (nSPS) is 11.4. The van der Waals surface area contributed by atoms with Gasteiger partial charge in [-0.25, -0.2) is 0 Å². The van der Waals surface area contributed by atoms with Crippen molar-refractivity contribution in [3.63, 3.8) is 0 Å². The van der Waals surface area contributed by atoms with E-state index < -0.39 is 0 Å². The number of hydrogen-bond donors (Lipinski definition) is 1. The molecule has 0 amide bonds. The average Bonchev–Trinajstić information content (AvgIpc) is 2.26. The zero-order chi connectivity index (χ0) is 10.6. The number of benzene rings is 1. The number of rotatable bonds is 2. The maximum absolute atomic E-state index is 8.87. The van der Waals surface area contributed by atoms with Crippen LogP contribution in [0.1, 0.15) is 22.6 Å². The van der Waals surface area contributed by atoms with E-state index in [1.54, 1.807) is 18.2 Å². The van der Waals surface area contributed by atoms with Crippen LogP contribution in [-0.2, 0) is 0 Å². The quantitative estimate of drug-likeness (QED) is 0.755. The van der Waals surface area contributed by atoms with Gasteiger partial charge in [-0.05, 0) is 24.6 Å². The Kier molecular flexibility index (Phi) is 3.23. The Hall–Kier alpha value is -1.84. The Morgan fingerprint density at radius 1 is 1.29 bits per heavy atom. The number of aliphatic hydroxyl groups excluding tert-OH is 1. The fourth-order valence-corrected chi connectivity index (χ4v) is 1.11. The first-order chi connectivity index (χ1) is 6.72. The van der Waals surface area contributed by atoms with Crippen LogP contribution in [-0.4, -0.2) is 11.7 Å². The lowest BCUT2D eigenvalue weighted by atomic mass is 9.97. The van der Waals surface area contributed by atoms with Crippen LogP contribution < -0.4 is 0 Å². The van der Waals surface area contributed by atoms with Gasteiger partial charge in [-0.3, -0.25) is 0 Å². The van der Waals surface area contributed by atoms with Crippen LogP contribution in [0.3, 0.4) is 0 Å². The number of aliphatic hydroxyl groups is 1. The molecule has 1 rings (SSSR count). The summed E-state index contributed by atoms with van der Waals surface area (Å²) in [4.78, 5) is 0. The third-order valence-corrected chi connectivity index (χ3v) is 1.98. The summed E-state index contributed by atoms with van der Waals surface area (Å²) in [6.45, 7) is 3.64. The Bertz CT molecular complexity index is 412. The van der Waals surface area contributed by atoms with E-state index in [-0.39, 0.29) is 12.5 Å². The first-order valence-electron chi connectivity index (χ1n) is 4.11. The fraction of sp³-hybridized carbons (Fsp3) is 0.182.